The second kappa shape index (κ2) is 5.80. The molecule has 0 aliphatic carbocycles. The Bertz CT molecular complexity index is 416. The third-order valence-electron chi connectivity index (χ3n) is 3.46. The minimum Gasteiger partial charge on any atom is -0.334 e. The van der Waals surface area contributed by atoms with Crippen LogP contribution in [0, 0.1) is 5.92 Å². The molecule has 4 nitrogen and oxygen atoms in total. The lowest BCUT2D eigenvalue weighted by Gasteiger charge is -2.26. The number of thiazole rings is 1. The molecule has 0 aromatic carbocycles. The van der Waals surface area contributed by atoms with Crippen molar-refractivity contribution < 1.29 is 4.79 Å². The van der Waals surface area contributed by atoms with Crippen LogP contribution in [0.2, 0.25) is 0 Å². The molecule has 2 heterocycles. The van der Waals surface area contributed by atoms with Crippen LogP contribution >= 0.6 is 11.3 Å². The first kappa shape index (κ1) is 13.5. The van der Waals surface area contributed by atoms with E-state index in [0.29, 0.717) is 24.2 Å². The Balaban J connectivity index is 2.10. The Morgan fingerprint density at radius 1 is 1.67 bits per heavy atom. The summed E-state index contributed by atoms with van der Waals surface area (Å²) in [6, 6.07) is 0.372. The SMILES string of the molecule is CC(C)C1CCCN1C(=O)c1csc(CCN)n1. The van der Waals surface area contributed by atoms with Crippen LogP contribution in [0.25, 0.3) is 0 Å². The minimum atomic E-state index is 0.0886. The fourth-order valence-electron chi connectivity index (χ4n) is 2.53. The molecule has 100 valence electrons. The molecule has 18 heavy (non-hydrogen) atoms. The second-order valence-electron chi connectivity index (χ2n) is 5.12. The molecule has 0 bridgehead atoms. The van der Waals surface area contributed by atoms with E-state index in [-0.39, 0.29) is 5.91 Å². The quantitative estimate of drug-likeness (QED) is 0.906. The maximum Gasteiger partial charge on any atom is 0.273 e. The van der Waals surface area contributed by atoms with Crippen molar-refractivity contribution in [2.75, 3.05) is 13.1 Å². The smallest absolute Gasteiger partial charge is 0.273 e. The highest BCUT2D eigenvalue weighted by molar-refractivity contribution is 7.09. The van der Waals surface area contributed by atoms with Gasteiger partial charge in [-0.1, -0.05) is 13.8 Å². The summed E-state index contributed by atoms with van der Waals surface area (Å²) in [6.07, 6.45) is 2.98. The number of amides is 1. The lowest BCUT2D eigenvalue weighted by Crippen LogP contribution is -2.38. The number of carbonyl (C=O) groups is 1. The van der Waals surface area contributed by atoms with Gasteiger partial charge in [0.25, 0.3) is 5.91 Å². The largest absolute Gasteiger partial charge is 0.334 e. The van der Waals surface area contributed by atoms with Crippen LogP contribution in [0.3, 0.4) is 0 Å². The highest BCUT2D eigenvalue weighted by atomic mass is 32.1. The number of hydrogen-bond acceptors (Lipinski definition) is 4. The molecule has 0 saturated carbocycles. The third kappa shape index (κ3) is 2.72. The molecular weight excluding hydrogens is 246 g/mol. The van der Waals surface area contributed by atoms with Crippen molar-refractivity contribution in [1.29, 1.82) is 0 Å². The Hall–Kier alpha value is -0.940. The molecule has 1 fully saturated rings. The highest BCUT2D eigenvalue weighted by Gasteiger charge is 2.32. The van der Waals surface area contributed by atoms with Crippen molar-refractivity contribution in [1.82, 2.24) is 9.88 Å². The molecule has 0 radical (unpaired) electrons. The van der Waals surface area contributed by atoms with E-state index in [4.69, 9.17) is 5.73 Å². The first-order valence-electron chi connectivity index (χ1n) is 6.59. The monoisotopic (exact) mass is 267 g/mol. The summed E-state index contributed by atoms with van der Waals surface area (Å²) in [5.74, 6) is 0.601. The van der Waals surface area contributed by atoms with E-state index in [2.05, 4.69) is 18.8 Å². The van der Waals surface area contributed by atoms with Gasteiger partial charge in [0.15, 0.2) is 0 Å². The van der Waals surface area contributed by atoms with Crippen LogP contribution in [0.4, 0.5) is 0 Å². The molecule has 1 atom stereocenters. The van der Waals surface area contributed by atoms with Gasteiger partial charge in [0.1, 0.15) is 5.69 Å². The number of nitrogens with zero attached hydrogens (tertiary/aromatic N) is 2. The summed E-state index contributed by atoms with van der Waals surface area (Å²) >= 11 is 1.53. The molecule has 1 aromatic heterocycles. The van der Waals surface area contributed by atoms with E-state index in [9.17, 15) is 4.79 Å². The van der Waals surface area contributed by atoms with Gasteiger partial charge in [0.2, 0.25) is 0 Å². The summed E-state index contributed by atoms with van der Waals surface area (Å²) in [5.41, 5.74) is 6.09. The van der Waals surface area contributed by atoms with Gasteiger partial charge >= 0.3 is 0 Å². The molecule has 1 amide bonds. The Morgan fingerprint density at radius 3 is 3.11 bits per heavy atom. The third-order valence-corrected chi connectivity index (χ3v) is 4.37. The van der Waals surface area contributed by atoms with E-state index in [1.807, 2.05) is 10.3 Å². The molecular formula is C13H21N3OS. The molecule has 2 N–H and O–H groups in total. The molecule has 1 unspecified atom stereocenters. The van der Waals surface area contributed by atoms with Gasteiger partial charge < -0.3 is 10.6 Å². The van der Waals surface area contributed by atoms with Crippen molar-refractivity contribution in [3.63, 3.8) is 0 Å². The van der Waals surface area contributed by atoms with Crippen molar-refractivity contribution >= 4 is 17.2 Å². The molecule has 1 aliphatic rings. The van der Waals surface area contributed by atoms with Crippen molar-refractivity contribution in [2.45, 2.75) is 39.2 Å². The maximum atomic E-state index is 12.4. The van der Waals surface area contributed by atoms with Crippen LogP contribution in [-0.2, 0) is 6.42 Å². The summed E-state index contributed by atoms with van der Waals surface area (Å²) in [7, 11) is 0. The second-order valence-corrected chi connectivity index (χ2v) is 6.06. The minimum absolute atomic E-state index is 0.0886. The van der Waals surface area contributed by atoms with E-state index < -0.39 is 0 Å². The van der Waals surface area contributed by atoms with E-state index in [1.54, 1.807) is 0 Å². The molecule has 1 aliphatic heterocycles. The standard InChI is InChI=1S/C13H21N3OS/c1-9(2)11-4-3-7-16(11)13(17)10-8-18-12(15-10)5-6-14/h8-9,11H,3-7,14H2,1-2H3. The Morgan fingerprint density at radius 2 is 2.44 bits per heavy atom. The van der Waals surface area contributed by atoms with Gasteiger partial charge in [0, 0.05) is 24.4 Å². The molecule has 0 spiro atoms. The zero-order valence-corrected chi connectivity index (χ0v) is 11.9. The van der Waals surface area contributed by atoms with Crippen molar-refractivity contribution in [3.8, 4) is 0 Å². The van der Waals surface area contributed by atoms with Gasteiger partial charge in [0.05, 0.1) is 5.01 Å². The normalized spacial score (nSPS) is 19.8. The highest BCUT2D eigenvalue weighted by Crippen LogP contribution is 2.25. The molecule has 1 saturated heterocycles. The molecule has 1 aromatic rings. The van der Waals surface area contributed by atoms with Crippen LogP contribution in [0.15, 0.2) is 5.38 Å². The number of nitrogens with two attached hydrogens (primary N) is 1. The van der Waals surface area contributed by atoms with Crippen LogP contribution in [-0.4, -0.2) is 34.9 Å². The van der Waals surface area contributed by atoms with Gasteiger partial charge in [-0.05, 0) is 25.3 Å². The summed E-state index contributed by atoms with van der Waals surface area (Å²) in [5, 5.41) is 2.82. The fourth-order valence-corrected chi connectivity index (χ4v) is 3.32. The van der Waals surface area contributed by atoms with Crippen molar-refractivity contribution in [2.24, 2.45) is 11.7 Å². The summed E-state index contributed by atoms with van der Waals surface area (Å²) in [6.45, 7) is 5.80. The molecule has 2 rings (SSSR count). The zero-order chi connectivity index (χ0) is 13.1. The predicted octanol–water partition coefficient (Wildman–Crippen LogP) is 1.90. The topological polar surface area (TPSA) is 59.2 Å². The summed E-state index contributed by atoms with van der Waals surface area (Å²) in [4.78, 5) is 18.8. The zero-order valence-electron chi connectivity index (χ0n) is 11.1. The number of rotatable bonds is 4. The number of likely N-dealkylation sites (tertiary alicyclic amines) is 1. The first-order chi connectivity index (χ1) is 8.63. The predicted molar refractivity (Wildman–Crippen MR) is 73.8 cm³/mol. The Labute approximate surface area is 112 Å². The van der Waals surface area contributed by atoms with Crippen LogP contribution in [0.1, 0.15) is 42.2 Å². The van der Waals surface area contributed by atoms with E-state index >= 15 is 0 Å². The lowest BCUT2D eigenvalue weighted by molar-refractivity contribution is 0.0696. The number of carbonyl (C=O) groups excluding carboxylic acids is 1. The van der Waals surface area contributed by atoms with E-state index in [1.165, 1.54) is 11.3 Å². The maximum absolute atomic E-state index is 12.4. The van der Waals surface area contributed by atoms with Gasteiger partial charge in [-0.25, -0.2) is 4.98 Å². The summed E-state index contributed by atoms with van der Waals surface area (Å²) < 4.78 is 0. The lowest BCUT2D eigenvalue weighted by atomic mass is 10.0. The first-order valence-corrected chi connectivity index (χ1v) is 7.47. The average Bonchev–Trinajstić information content (AvgIpc) is 2.96. The van der Waals surface area contributed by atoms with Crippen molar-refractivity contribution in [3.05, 3.63) is 16.1 Å². The molecule has 5 heteroatoms. The van der Waals surface area contributed by atoms with Crippen LogP contribution < -0.4 is 5.73 Å². The van der Waals surface area contributed by atoms with Gasteiger partial charge in [-0.15, -0.1) is 11.3 Å². The fraction of sp³-hybridized carbons (Fsp3) is 0.692. The van der Waals surface area contributed by atoms with E-state index in [0.717, 1.165) is 30.8 Å². The Kier molecular flexibility index (Phi) is 4.35. The number of aromatic nitrogens is 1. The van der Waals surface area contributed by atoms with Gasteiger partial charge in [-0.2, -0.15) is 0 Å². The van der Waals surface area contributed by atoms with Crippen LogP contribution in [0.5, 0.6) is 0 Å². The van der Waals surface area contributed by atoms with Gasteiger partial charge in [-0.3, -0.25) is 4.79 Å². The average molecular weight is 267 g/mol. The number of hydrogen-bond donors (Lipinski definition) is 1.